The molecule has 1 heterocycles. The van der Waals surface area contributed by atoms with Gasteiger partial charge in [-0.15, -0.1) is 0 Å². The minimum absolute atomic E-state index is 0.191. The van der Waals surface area contributed by atoms with Crippen molar-refractivity contribution >= 4 is 6.09 Å². The summed E-state index contributed by atoms with van der Waals surface area (Å²) in [5.41, 5.74) is 0.671. The molecule has 4 heteroatoms. The summed E-state index contributed by atoms with van der Waals surface area (Å²) in [5.74, 6) is 0. The van der Waals surface area contributed by atoms with Gasteiger partial charge in [0.15, 0.2) is 0 Å². The Morgan fingerprint density at radius 3 is 2.45 bits per heavy atom. The van der Waals surface area contributed by atoms with Gasteiger partial charge in [-0.25, -0.2) is 4.79 Å². The second-order valence-electron chi connectivity index (χ2n) is 7.46. The Labute approximate surface area is 133 Å². The highest BCUT2D eigenvalue weighted by molar-refractivity contribution is 5.68. The van der Waals surface area contributed by atoms with Gasteiger partial charge in [-0.2, -0.15) is 0 Å². The highest BCUT2D eigenvalue weighted by atomic mass is 16.6. The number of aliphatic hydroxyl groups excluding tert-OH is 1. The van der Waals surface area contributed by atoms with E-state index < -0.39 is 11.7 Å². The van der Waals surface area contributed by atoms with Gasteiger partial charge in [0.1, 0.15) is 5.60 Å². The Morgan fingerprint density at radius 2 is 2.00 bits per heavy atom. The Morgan fingerprint density at radius 1 is 1.36 bits per heavy atom. The zero-order chi connectivity index (χ0) is 16.4. The van der Waals surface area contributed by atoms with Crippen LogP contribution < -0.4 is 0 Å². The molecule has 1 atom stereocenters. The molecule has 1 aliphatic carbocycles. The van der Waals surface area contributed by atoms with Gasteiger partial charge in [0.2, 0.25) is 0 Å². The third-order valence-electron chi connectivity index (χ3n) is 4.76. The van der Waals surface area contributed by atoms with E-state index in [9.17, 15) is 9.90 Å². The van der Waals surface area contributed by atoms with Crippen LogP contribution in [-0.2, 0) is 4.74 Å². The lowest BCUT2D eigenvalue weighted by molar-refractivity contribution is -0.0119. The zero-order valence-corrected chi connectivity index (χ0v) is 14.3. The minimum Gasteiger partial charge on any atom is -0.444 e. The van der Waals surface area contributed by atoms with Gasteiger partial charge in [0.05, 0.1) is 6.10 Å². The number of ether oxygens (including phenoxy) is 1. The molecule has 0 aromatic carbocycles. The van der Waals surface area contributed by atoms with E-state index in [0.29, 0.717) is 13.1 Å². The average Bonchev–Trinajstić information content (AvgIpc) is 2.46. The number of amides is 1. The monoisotopic (exact) mass is 307 g/mol. The average molecular weight is 307 g/mol. The van der Waals surface area contributed by atoms with Crippen LogP contribution in [0.15, 0.2) is 23.8 Å². The van der Waals surface area contributed by atoms with Crippen LogP contribution in [0.1, 0.15) is 53.4 Å². The van der Waals surface area contributed by atoms with E-state index in [1.807, 2.05) is 27.7 Å². The van der Waals surface area contributed by atoms with Gasteiger partial charge in [-0.3, -0.25) is 0 Å². The number of carbonyl (C=O) groups excluding carboxylic acids is 1. The molecule has 1 N–H and O–H groups in total. The Balaban J connectivity index is 2.06. The van der Waals surface area contributed by atoms with Crippen molar-refractivity contribution in [1.29, 1.82) is 0 Å². The molecule has 22 heavy (non-hydrogen) atoms. The van der Waals surface area contributed by atoms with Crippen LogP contribution in [0.5, 0.6) is 0 Å². The van der Waals surface area contributed by atoms with Crippen molar-refractivity contribution in [1.82, 2.24) is 4.90 Å². The zero-order valence-electron chi connectivity index (χ0n) is 14.3. The number of rotatable bonds is 2. The summed E-state index contributed by atoms with van der Waals surface area (Å²) >= 11 is 0. The van der Waals surface area contributed by atoms with Crippen molar-refractivity contribution in [2.24, 2.45) is 5.41 Å². The summed E-state index contributed by atoms with van der Waals surface area (Å²) in [6.45, 7) is 8.81. The van der Waals surface area contributed by atoms with Crippen LogP contribution >= 0.6 is 0 Å². The van der Waals surface area contributed by atoms with Crippen molar-refractivity contribution < 1.29 is 14.6 Å². The van der Waals surface area contributed by atoms with Crippen LogP contribution in [0.25, 0.3) is 0 Å². The van der Waals surface area contributed by atoms with Crippen molar-refractivity contribution in [3.05, 3.63) is 23.8 Å². The lowest BCUT2D eigenvalue weighted by atomic mass is 9.67. The number of piperidine rings is 1. The fourth-order valence-electron chi connectivity index (χ4n) is 3.44. The number of hydrogen-bond acceptors (Lipinski definition) is 3. The summed E-state index contributed by atoms with van der Waals surface area (Å²) in [5, 5.41) is 10.4. The smallest absolute Gasteiger partial charge is 0.410 e. The topological polar surface area (TPSA) is 49.8 Å². The fraction of sp³-hybridized carbons (Fsp3) is 0.722. The number of carbonyl (C=O) groups is 1. The second kappa shape index (κ2) is 6.45. The molecule has 0 bridgehead atoms. The molecular formula is C18H29NO3. The number of likely N-dealkylation sites (tertiary alicyclic amines) is 1. The minimum atomic E-state index is -0.466. The Kier molecular flexibility index (Phi) is 5.00. The lowest BCUT2D eigenvalue weighted by Gasteiger charge is -2.46. The van der Waals surface area contributed by atoms with Gasteiger partial charge in [-0.1, -0.05) is 23.8 Å². The van der Waals surface area contributed by atoms with Crippen LogP contribution in [0.4, 0.5) is 4.79 Å². The molecule has 1 amide bonds. The molecule has 0 radical (unpaired) electrons. The second-order valence-corrected chi connectivity index (χ2v) is 7.46. The molecule has 0 aromatic heterocycles. The third kappa shape index (κ3) is 3.72. The normalized spacial score (nSPS) is 23.0. The highest BCUT2D eigenvalue weighted by Crippen LogP contribution is 2.44. The maximum atomic E-state index is 12.2. The van der Waals surface area contributed by atoms with Gasteiger partial charge >= 0.3 is 6.09 Å². The van der Waals surface area contributed by atoms with Gasteiger partial charge in [0, 0.05) is 18.5 Å². The first-order chi connectivity index (χ1) is 10.2. The molecule has 124 valence electrons. The molecule has 1 aliphatic heterocycles. The van der Waals surface area contributed by atoms with Gasteiger partial charge < -0.3 is 14.7 Å². The molecule has 0 spiro atoms. The maximum Gasteiger partial charge on any atom is 0.410 e. The van der Waals surface area contributed by atoms with E-state index in [-0.39, 0.29) is 11.5 Å². The van der Waals surface area contributed by atoms with Crippen LogP contribution in [0.2, 0.25) is 0 Å². The molecule has 2 aliphatic rings. The van der Waals surface area contributed by atoms with Crippen LogP contribution in [0.3, 0.4) is 0 Å². The van der Waals surface area contributed by atoms with Gasteiger partial charge in [0.25, 0.3) is 0 Å². The van der Waals surface area contributed by atoms with E-state index in [0.717, 1.165) is 25.7 Å². The molecule has 0 saturated carbocycles. The highest BCUT2D eigenvalue weighted by Gasteiger charge is 2.43. The lowest BCUT2D eigenvalue weighted by Crippen LogP contribution is -2.49. The molecule has 0 aromatic rings. The molecular weight excluding hydrogens is 278 g/mol. The summed E-state index contributed by atoms with van der Waals surface area (Å²) in [6, 6.07) is 0. The molecule has 1 saturated heterocycles. The number of allylic oxidation sites excluding steroid dienone is 3. The standard InChI is InChI=1S/C18H29NO3/c1-14(20)18(15-8-6-5-7-9-15)10-12-19(13-11-18)16(21)22-17(2,3)4/h5-6,8,14,20H,7,9-13H2,1-4H3. The van der Waals surface area contributed by atoms with Crippen molar-refractivity contribution in [2.75, 3.05) is 13.1 Å². The van der Waals surface area contributed by atoms with E-state index in [1.165, 1.54) is 5.57 Å². The van der Waals surface area contributed by atoms with E-state index in [2.05, 4.69) is 18.2 Å². The van der Waals surface area contributed by atoms with Gasteiger partial charge in [-0.05, 0) is 53.4 Å². The Hall–Kier alpha value is -1.29. The van der Waals surface area contributed by atoms with Crippen molar-refractivity contribution in [3.63, 3.8) is 0 Å². The first-order valence-corrected chi connectivity index (χ1v) is 8.27. The molecule has 1 fully saturated rings. The van der Waals surface area contributed by atoms with Crippen LogP contribution in [0, 0.1) is 5.41 Å². The third-order valence-corrected chi connectivity index (χ3v) is 4.76. The first-order valence-electron chi connectivity index (χ1n) is 8.27. The number of nitrogens with zero attached hydrogens (tertiary/aromatic N) is 1. The largest absolute Gasteiger partial charge is 0.444 e. The Bertz CT molecular complexity index is 463. The molecule has 4 nitrogen and oxygen atoms in total. The van der Waals surface area contributed by atoms with E-state index >= 15 is 0 Å². The quantitative estimate of drug-likeness (QED) is 0.847. The molecule has 2 rings (SSSR count). The SMILES string of the molecule is CC(O)C1(C2=CC=CCC2)CCN(C(=O)OC(C)(C)C)CC1. The fourth-order valence-corrected chi connectivity index (χ4v) is 3.44. The number of hydrogen-bond donors (Lipinski definition) is 1. The van der Waals surface area contributed by atoms with Crippen LogP contribution in [-0.4, -0.2) is 40.9 Å². The maximum absolute atomic E-state index is 12.2. The summed E-state index contributed by atoms with van der Waals surface area (Å²) < 4.78 is 5.45. The van der Waals surface area contributed by atoms with E-state index in [1.54, 1.807) is 4.90 Å². The summed E-state index contributed by atoms with van der Waals surface area (Å²) in [4.78, 5) is 14.0. The summed E-state index contributed by atoms with van der Waals surface area (Å²) in [6.07, 6.45) is 9.39. The molecule has 1 unspecified atom stereocenters. The van der Waals surface area contributed by atoms with Crippen molar-refractivity contribution in [2.45, 2.75) is 65.1 Å². The van der Waals surface area contributed by atoms with E-state index in [4.69, 9.17) is 4.74 Å². The first kappa shape index (κ1) is 17.1. The van der Waals surface area contributed by atoms with Crippen molar-refractivity contribution in [3.8, 4) is 0 Å². The number of aliphatic hydroxyl groups is 1. The summed E-state index contributed by atoms with van der Waals surface area (Å²) in [7, 11) is 0. The predicted molar refractivity (Wildman–Crippen MR) is 87.6 cm³/mol. The predicted octanol–water partition coefficient (Wildman–Crippen LogP) is 3.66.